The van der Waals surface area contributed by atoms with Crippen LogP contribution in [-0.2, 0) is 0 Å². The number of aromatic nitrogens is 1. The Hall–Kier alpha value is -2.47. The molecule has 0 saturated carbocycles. The molecular formula is C17H17N3O2S. The van der Waals surface area contributed by atoms with Gasteiger partial charge < -0.3 is 5.32 Å². The fraction of sp³-hybridized carbons (Fsp3) is 0.235. The van der Waals surface area contributed by atoms with E-state index in [2.05, 4.69) is 29.4 Å². The van der Waals surface area contributed by atoms with Gasteiger partial charge in [-0.2, -0.15) is 0 Å². The molecule has 0 unspecified atom stereocenters. The van der Waals surface area contributed by atoms with E-state index >= 15 is 0 Å². The second kappa shape index (κ2) is 5.62. The molecule has 1 aromatic heterocycles. The van der Waals surface area contributed by atoms with Gasteiger partial charge in [0.15, 0.2) is 5.13 Å². The topological polar surface area (TPSA) is 68.1 Å². The average molecular weight is 327 g/mol. The number of fused-ring (bicyclic) bond motifs is 1. The molecule has 0 spiro atoms. The van der Waals surface area contributed by atoms with E-state index in [9.17, 15) is 10.1 Å². The van der Waals surface area contributed by atoms with Crippen LogP contribution >= 0.6 is 11.3 Å². The molecule has 118 valence electrons. The van der Waals surface area contributed by atoms with E-state index in [4.69, 9.17) is 0 Å². The van der Waals surface area contributed by atoms with Gasteiger partial charge in [0.2, 0.25) is 0 Å². The number of nitro benzene ring substituents is 1. The van der Waals surface area contributed by atoms with E-state index in [-0.39, 0.29) is 10.6 Å². The highest BCUT2D eigenvalue weighted by molar-refractivity contribution is 7.22. The Morgan fingerprint density at radius 2 is 1.74 bits per heavy atom. The zero-order valence-corrected chi connectivity index (χ0v) is 14.2. The number of aryl methyl sites for hydroxylation is 4. The van der Waals surface area contributed by atoms with Crippen LogP contribution in [0.15, 0.2) is 24.3 Å². The minimum Gasteiger partial charge on any atom is -0.331 e. The maximum Gasteiger partial charge on any atom is 0.291 e. The average Bonchev–Trinajstić information content (AvgIpc) is 2.84. The zero-order chi connectivity index (χ0) is 16.7. The Labute approximate surface area is 138 Å². The summed E-state index contributed by atoms with van der Waals surface area (Å²) in [4.78, 5) is 15.5. The molecule has 23 heavy (non-hydrogen) atoms. The largest absolute Gasteiger partial charge is 0.331 e. The quantitative estimate of drug-likeness (QED) is 0.531. The predicted molar refractivity (Wildman–Crippen MR) is 94.9 cm³/mol. The molecule has 0 radical (unpaired) electrons. The Bertz CT molecular complexity index is 908. The normalized spacial score (nSPS) is 11.0. The highest BCUT2D eigenvalue weighted by Crippen LogP contribution is 2.37. The van der Waals surface area contributed by atoms with Crippen molar-refractivity contribution in [2.75, 3.05) is 5.32 Å². The lowest BCUT2D eigenvalue weighted by atomic mass is 10.1. The van der Waals surface area contributed by atoms with Gasteiger partial charge in [-0.3, -0.25) is 10.1 Å². The first-order valence-electron chi connectivity index (χ1n) is 7.26. The van der Waals surface area contributed by atoms with Crippen molar-refractivity contribution in [3.8, 4) is 0 Å². The number of nitrogens with zero attached hydrogens (tertiary/aromatic N) is 2. The maximum atomic E-state index is 11.3. The number of hydrogen-bond acceptors (Lipinski definition) is 5. The molecule has 2 aromatic carbocycles. The van der Waals surface area contributed by atoms with Crippen molar-refractivity contribution in [2.24, 2.45) is 0 Å². The molecule has 3 aromatic rings. The summed E-state index contributed by atoms with van der Waals surface area (Å²) in [6, 6.07) is 7.78. The number of nitrogens with one attached hydrogen (secondary N) is 1. The number of hydrogen-bond donors (Lipinski definition) is 1. The van der Waals surface area contributed by atoms with Crippen LogP contribution in [0.1, 0.15) is 22.3 Å². The van der Waals surface area contributed by atoms with Crippen LogP contribution in [0.4, 0.5) is 16.5 Å². The van der Waals surface area contributed by atoms with Crippen LogP contribution in [0.3, 0.4) is 0 Å². The van der Waals surface area contributed by atoms with Gasteiger partial charge in [0.05, 0.1) is 10.4 Å². The molecule has 1 N–H and O–H groups in total. The van der Waals surface area contributed by atoms with Crippen LogP contribution in [-0.4, -0.2) is 9.91 Å². The minimum absolute atomic E-state index is 0.144. The van der Waals surface area contributed by atoms with Gasteiger partial charge in [-0.05, 0) is 44.9 Å². The molecule has 5 nitrogen and oxygen atoms in total. The Morgan fingerprint density at radius 3 is 2.35 bits per heavy atom. The smallest absolute Gasteiger partial charge is 0.291 e. The van der Waals surface area contributed by atoms with Crippen LogP contribution in [0.5, 0.6) is 0 Å². The highest BCUT2D eigenvalue weighted by Gasteiger charge is 2.19. The molecule has 0 saturated heterocycles. The molecule has 3 rings (SSSR count). The first-order valence-corrected chi connectivity index (χ1v) is 8.08. The van der Waals surface area contributed by atoms with Gasteiger partial charge in [0, 0.05) is 11.3 Å². The van der Waals surface area contributed by atoms with Crippen molar-refractivity contribution in [3.63, 3.8) is 0 Å². The van der Waals surface area contributed by atoms with Crippen LogP contribution in [0.2, 0.25) is 0 Å². The molecular weight excluding hydrogens is 310 g/mol. The standard InChI is InChI=1S/C17H17N3O2S/c1-9-7-11(3)14(12(4)8-9)19-17-18-13-6-5-10(2)15(20(21)22)16(13)23-17/h5-8H,1-4H3,(H,18,19). The summed E-state index contributed by atoms with van der Waals surface area (Å²) in [5, 5.41) is 15.3. The van der Waals surface area contributed by atoms with E-state index in [0.717, 1.165) is 16.8 Å². The number of anilines is 2. The fourth-order valence-corrected chi connectivity index (χ4v) is 3.88. The Balaban J connectivity index is 2.09. The van der Waals surface area contributed by atoms with Crippen molar-refractivity contribution in [1.29, 1.82) is 0 Å². The third kappa shape index (κ3) is 2.77. The van der Waals surface area contributed by atoms with E-state index in [1.807, 2.05) is 19.9 Å². The van der Waals surface area contributed by atoms with Gasteiger partial charge in [-0.1, -0.05) is 35.1 Å². The summed E-state index contributed by atoms with van der Waals surface area (Å²) in [6.07, 6.45) is 0. The number of rotatable bonds is 3. The lowest BCUT2D eigenvalue weighted by Gasteiger charge is -2.11. The predicted octanol–water partition coefficient (Wildman–Crippen LogP) is 5.18. The van der Waals surface area contributed by atoms with Gasteiger partial charge in [0.25, 0.3) is 5.69 Å². The summed E-state index contributed by atoms with van der Waals surface area (Å²) in [5.74, 6) is 0. The van der Waals surface area contributed by atoms with Crippen LogP contribution in [0.25, 0.3) is 10.2 Å². The fourth-order valence-electron chi connectivity index (χ4n) is 2.84. The van der Waals surface area contributed by atoms with Crippen molar-refractivity contribution in [1.82, 2.24) is 4.98 Å². The van der Waals surface area contributed by atoms with Crippen LogP contribution in [0, 0.1) is 37.8 Å². The Morgan fingerprint density at radius 1 is 1.09 bits per heavy atom. The molecule has 6 heteroatoms. The second-order valence-corrected chi connectivity index (χ2v) is 6.75. The van der Waals surface area contributed by atoms with Gasteiger partial charge in [-0.25, -0.2) is 4.98 Å². The third-order valence-electron chi connectivity index (χ3n) is 3.82. The number of thiazole rings is 1. The lowest BCUT2D eigenvalue weighted by molar-refractivity contribution is -0.383. The number of benzene rings is 2. The lowest BCUT2D eigenvalue weighted by Crippen LogP contribution is -1.96. The first kappa shape index (κ1) is 15.4. The molecule has 0 atom stereocenters. The van der Waals surface area contributed by atoms with E-state index in [1.54, 1.807) is 13.0 Å². The highest BCUT2D eigenvalue weighted by atomic mass is 32.1. The summed E-state index contributed by atoms with van der Waals surface area (Å²) < 4.78 is 0.611. The van der Waals surface area contributed by atoms with Gasteiger partial charge in [0.1, 0.15) is 4.70 Å². The maximum absolute atomic E-state index is 11.3. The monoisotopic (exact) mass is 327 g/mol. The van der Waals surface area contributed by atoms with Crippen molar-refractivity contribution >= 4 is 38.1 Å². The molecule has 0 aliphatic heterocycles. The van der Waals surface area contributed by atoms with E-state index < -0.39 is 0 Å². The van der Waals surface area contributed by atoms with E-state index in [0.29, 0.717) is 20.9 Å². The molecule has 0 bridgehead atoms. The van der Waals surface area contributed by atoms with Crippen molar-refractivity contribution in [3.05, 3.63) is 56.6 Å². The molecule has 0 aliphatic carbocycles. The van der Waals surface area contributed by atoms with Gasteiger partial charge in [-0.15, -0.1) is 0 Å². The molecule has 0 aliphatic rings. The summed E-state index contributed by atoms with van der Waals surface area (Å²) in [7, 11) is 0. The first-order chi connectivity index (χ1) is 10.9. The number of nitro groups is 1. The summed E-state index contributed by atoms with van der Waals surface area (Å²) in [5.41, 5.74) is 5.93. The minimum atomic E-state index is -0.331. The zero-order valence-electron chi connectivity index (χ0n) is 13.4. The molecule has 1 heterocycles. The van der Waals surface area contributed by atoms with E-state index in [1.165, 1.54) is 16.9 Å². The second-order valence-electron chi connectivity index (χ2n) is 5.75. The van der Waals surface area contributed by atoms with Crippen molar-refractivity contribution in [2.45, 2.75) is 27.7 Å². The Kier molecular flexibility index (Phi) is 3.77. The summed E-state index contributed by atoms with van der Waals surface area (Å²) in [6.45, 7) is 7.90. The van der Waals surface area contributed by atoms with Crippen LogP contribution < -0.4 is 5.32 Å². The molecule has 0 fully saturated rings. The molecule has 0 amide bonds. The SMILES string of the molecule is Cc1cc(C)c(Nc2nc3ccc(C)c([N+](=O)[O-])c3s2)c(C)c1. The summed E-state index contributed by atoms with van der Waals surface area (Å²) >= 11 is 1.32. The third-order valence-corrected chi connectivity index (χ3v) is 4.82. The van der Waals surface area contributed by atoms with Gasteiger partial charge >= 0.3 is 0 Å². The van der Waals surface area contributed by atoms with Crippen molar-refractivity contribution < 1.29 is 4.92 Å².